The van der Waals surface area contributed by atoms with Crippen LogP contribution >= 0.6 is 0 Å². The van der Waals surface area contributed by atoms with Crippen molar-refractivity contribution in [3.63, 3.8) is 0 Å². The second-order valence-corrected chi connectivity index (χ2v) is 6.93. The zero-order chi connectivity index (χ0) is 20.1. The molecule has 3 N–H and O–H groups in total. The van der Waals surface area contributed by atoms with Crippen LogP contribution in [-0.2, 0) is 27.8 Å². The molecule has 1 unspecified atom stereocenters. The maximum atomic E-state index is 12.9. The van der Waals surface area contributed by atoms with Crippen molar-refractivity contribution in [3.8, 4) is 0 Å². The van der Waals surface area contributed by atoms with Gasteiger partial charge >= 0.3 is 0 Å². The van der Waals surface area contributed by atoms with Crippen LogP contribution in [0.4, 0.5) is 0 Å². The summed E-state index contributed by atoms with van der Waals surface area (Å²) < 4.78 is 6.97. The topological polar surface area (TPSA) is 116 Å². The fourth-order valence-corrected chi connectivity index (χ4v) is 3.42. The van der Waals surface area contributed by atoms with E-state index in [1.807, 2.05) is 30.3 Å². The van der Waals surface area contributed by atoms with Crippen molar-refractivity contribution in [2.24, 2.45) is 12.8 Å². The monoisotopic (exact) mass is 384 g/mol. The predicted molar refractivity (Wildman–Crippen MR) is 102 cm³/mol. The Hall–Kier alpha value is -3.00. The van der Waals surface area contributed by atoms with E-state index in [1.165, 1.54) is 0 Å². The number of primary amides is 1. The first kappa shape index (κ1) is 19.8. The van der Waals surface area contributed by atoms with Crippen LogP contribution < -0.4 is 11.1 Å². The molecule has 1 fully saturated rings. The summed E-state index contributed by atoms with van der Waals surface area (Å²) in [5.74, 6) is -2.22. The summed E-state index contributed by atoms with van der Waals surface area (Å²) in [4.78, 5) is 36.7. The molecule has 2 aromatic rings. The van der Waals surface area contributed by atoms with Gasteiger partial charge < -0.3 is 15.8 Å². The number of carbonyl (C=O) groups is 3. The zero-order valence-electron chi connectivity index (χ0n) is 15.8. The highest BCUT2D eigenvalue weighted by Gasteiger charge is 2.29. The summed E-state index contributed by atoms with van der Waals surface area (Å²) >= 11 is 0. The van der Waals surface area contributed by atoms with Gasteiger partial charge in [0.2, 0.25) is 5.78 Å². The van der Waals surface area contributed by atoms with Gasteiger partial charge in [-0.2, -0.15) is 5.10 Å². The summed E-state index contributed by atoms with van der Waals surface area (Å²) in [6.07, 6.45) is 3.38. The molecule has 2 heterocycles. The number of hydrogen-bond acceptors (Lipinski definition) is 5. The molecule has 8 heteroatoms. The first-order valence-corrected chi connectivity index (χ1v) is 9.25. The number of Topliss-reactive ketones (excluding diaryl/α,β-unsaturated/α-hetero) is 1. The van der Waals surface area contributed by atoms with Gasteiger partial charge in [0, 0.05) is 38.8 Å². The van der Waals surface area contributed by atoms with Crippen molar-refractivity contribution in [1.82, 2.24) is 15.1 Å². The molecule has 0 aliphatic carbocycles. The van der Waals surface area contributed by atoms with Gasteiger partial charge in [-0.05, 0) is 18.4 Å². The molecule has 0 saturated carbocycles. The molecular weight excluding hydrogens is 360 g/mol. The van der Waals surface area contributed by atoms with Gasteiger partial charge in [-0.3, -0.25) is 19.1 Å². The molecule has 28 heavy (non-hydrogen) atoms. The van der Waals surface area contributed by atoms with Gasteiger partial charge in [-0.25, -0.2) is 0 Å². The quantitative estimate of drug-likeness (QED) is 0.682. The Morgan fingerprint density at radius 3 is 2.57 bits per heavy atom. The third-order valence-electron chi connectivity index (χ3n) is 4.86. The highest BCUT2D eigenvalue weighted by Crippen LogP contribution is 2.28. The number of benzene rings is 1. The van der Waals surface area contributed by atoms with E-state index in [1.54, 1.807) is 17.9 Å². The van der Waals surface area contributed by atoms with Crippen molar-refractivity contribution in [2.45, 2.75) is 31.2 Å². The number of nitrogens with zero attached hydrogens (tertiary/aromatic N) is 2. The fraction of sp³-hybridized carbons (Fsp3) is 0.400. The summed E-state index contributed by atoms with van der Waals surface area (Å²) in [5, 5.41) is 7.13. The second kappa shape index (κ2) is 8.79. The number of amides is 2. The van der Waals surface area contributed by atoms with Crippen LogP contribution in [0.5, 0.6) is 0 Å². The largest absolute Gasteiger partial charge is 0.381 e. The molecule has 1 aromatic heterocycles. The molecule has 148 valence electrons. The van der Waals surface area contributed by atoms with E-state index in [4.69, 9.17) is 10.5 Å². The maximum absolute atomic E-state index is 12.9. The lowest BCUT2D eigenvalue weighted by atomic mass is 9.93. The van der Waals surface area contributed by atoms with Crippen LogP contribution in [-0.4, -0.2) is 46.6 Å². The molecule has 0 spiro atoms. The molecule has 3 rings (SSSR count). The highest BCUT2D eigenvalue weighted by atomic mass is 16.5. The number of ether oxygens (including phenoxy) is 1. The van der Waals surface area contributed by atoms with Crippen LogP contribution in [0.15, 0.2) is 36.5 Å². The Bertz CT molecular complexity index is 856. The summed E-state index contributed by atoms with van der Waals surface area (Å²) in [5.41, 5.74) is 7.10. The predicted octanol–water partition coefficient (Wildman–Crippen LogP) is 0.710. The molecular formula is C20H24N4O4. The summed E-state index contributed by atoms with van der Waals surface area (Å²) in [6, 6.07) is 8.12. The van der Waals surface area contributed by atoms with E-state index >= 15 is 0 Å². The molecule has 8 nitrogen and oxygen atoms in total. The minimum absolute atomic E-state index is 0.120. The Labute approximate surface area is 163 Å². The standard InChI is InChI=1S/C20H24N4O4/c1-24-12-15(17(23-24)14-7-9-28-10-8-14)20(27)22-16(18(25)19(21)26)11-13-5-3-2-4-6-13/h2-6,12,14,16H,7-11H2,1H3,(H2,21,26)(H,22,27). The number of aromatic nitrogens is 2. The fourth-order valence-electron chi connectivity index (χ4n) is 3.42. The molecule has 1 saturated heterocycles. The molecule has 0 bridgehead atoms. The minimum Gasteiger partial charge on any atom is -0.381 e. The summed E-state index contributed by atoms with van der Waals surface area (Å²) in [7, 11) is 1.75. The van der Waals surface area contributed by atoms with Gasteiger partial charge in [-0.1, -0.05) is 30.3 Å². The first-order chi connectivity index (χ1) is 13.5. The Balaban J connectivity index is 1.81. The van der Waals surface area contributed by atoms with Crippen molar-refractivity contribution in [2.75, 3.05) is 13.2 Å². The summed E-state index contributed by atoms with van der Waals surface area (Å²) in [6.45, 7) is 1.25. The second-order valence-electron chi connectivity index (χ2n) is 6.93. The lowest BCUT2D eigenvalue weighted by Gasteiger charge is -2.22. The highest BCUT2D eigenvalue weighted by molar-refractivity contribution is 6.38. The van der Waals surface area contributed by atoms with Crippen LogP contribution in [0, 0.1) is 0 Å². The lowest BCUT2D eigenvalue weighted by molar-refractivity contribution is -0.137. The van der Waals surface area contributed by atoms with E-state index < -0.39 is 23.6 Å². The van der Waals surface area contributed by atoms with Crippen LogP contribution in [0.25, 0.3) is 0 Å². The SMILES string of the molecule is Cn1cc(C(=O)NC(Cc2ccccc2)C(=O)C(N)=O)c(C2CCOCC2)n1. The number of hydrogen-bond donors (Lipinski definition) is 2. The van der Waals surface area contributed by atoms with Crippen LogP contribution in [0.3, 0.4) is 0 Å². The smallest absolute Gasteiger partial charge is 0.287 e. The Morgan fingerprint density at radius 1 is 1.25 bits per heavy atom. The third-order valence-corrected chi connectivity index (χ3v) is 4.86. The van der Waals surface area contributed by atoms with Crippen molar-refractivity contribution >= 4 is 17.6 Å². The molecule has 2 amide bonds. The van der Waals surface area contributed by atoms with Gasteiger partial charge in [0.15, 0.2) is 0 Å². The number of aryl methyl sites for hydroxylation is 1. The minimum atomic E-state index is -1.07. The molecule has 1 atom stereocenters. The Kier molecular flexibility index (Phi) is 6.20. The van der Waals surface area contributed by atoms with E-state index in [-0.39, 0.29) is 12.3 Å². The van der Waals surface area contributed by atoms with Crippen LogP contribution in [0.1, 0.15) is 40.4 Å². The number of carbonyl (C=O) groups excluding carboxylic acids is 3. The average Bonchev–Trinajstić information content (AvgIpc) is 3.10. The molecule has 1 aromatic carbocycles. The van der Waals surface area contributed by atoms with E-state index in [9.17, 15) is 14.4 Å². The van der Waals surface area contributed by atoms with Gasteiger partial charge in [0.1, 0.15) is 6.04 Å². The zero-order valence-corrected chi connectivity index (χ0v) is 15.8. The van der Waals surface area contributed by atoms with Crippen LogP contribution in [0.2, 0.25) is 0 Å². The average molecular weight is 384 g/mol. The lowest BCUT2D eigenvalue weighted by Crippen LogP contribution is -2.47. The molecule has 1 aliphatic rings. The van der Waals surface area contributed by atoms with Crippen molar-refractivity contribution in [3.05, 3.63) is 53.3 Å². The van der Waals surface area contributed by atoms with Crippen molar-refractivity contribution < 1.29 is 19.1 Å². The normalized spacial score (nSPS) is 15.8. The number of rotatable bonds is 7. The van der Waals surface area contributed by atoms with Gasteiger partial charge in [-0.15, -0.1) is 0 Å². The van der Waals surface area contributed by atoms with Gasteiger partial charge in [0.25, 0.3) is 11.8 Å². The molecule has 0 radical (unpaired) electrons. The number of nitrogens with two attached hydrogens (primary N) is 1. The maximum Gasteiger partial charge on any atom is 0.287 e. The molecule has 1 aliphatic heterocycles. The number of nitrogens with one attached hydrogen (secondary N) is 1. The van der Waals surface area contributed by atoms with Crippen molar-refractivity contribution in [1.29, 1.82) is 0 Å². The van der Waals surface area contributed by atoms with E-state index in [2.05, 4.69) is 10.4 Å². The van der Waals surface area contributed by atoms with E-state index in [0.717, 1.165) is 18.4 Å². The van der Waals surface area contributed by atoms with E-state index in [0.29, 0.717) is 24.5 Å². The van der Waals surface area contributed by atoms with Gasteiger partial charge in [0.05, 0.1) is 11.3 Å². The first-order valence-electron chi connectivity index (χ1n) is 9.25. The third kappa shape index (κ3) is 4.64. The Morgan fingerprint density at radius 2 is 1.93 bits per heavy atom. The number of ketones is 1.